The molecule has 0 saturated carbocycles. The molecule has 0 spiro atoms. The number of hydrogen-bond donors (Lipinski definition) is 0. The van der Waals surface area contributed by atoms with Gasteiger partial charge in [-0.25, -0.2) is 0 Å². The fourth-order valence-corrected chi connectivity index (χ4v) is 3.96. The lowest BCUT2D eigenvalue weighted by Crippen LogP contribution is -2.25. The van der Waals surface area contributed by atoms with Gasteiger partial charge in [-0.3, -0.25) is 4.79 Å². The third-order valence-corrected chi connectivity index (χ3v) is 5.22. The van der Waals surface area contributed by atoms with Crippen LogP contribution in [0.2, 0.25) is 0 Å². The van der Waals surface area contributed by atoms with Crippen molar-refractivity contribution >= 4 is 29.3 Å². The molecule has 2 atom stereocenters. The first-order valence-corrected chi connectivity index (χ1v) is 7.16. The summed E-state index contributed by atoms with van der Waals surface area (Å²) in [5, 5.41) is 0.299. The van der Waals surface area contributed by atoms with E-state index in [1.807, 2.05) is 23.5 Å². The van der Waals surface area contributed by atoms with E-state index in [9.17, 15) is 4.79 Å². The van der Waals surface area contributed by atoms with Gasteiger partial charge in [0.05, 0.1) is 5.25 Å². The van der Waals surface area contributed by atoms with E-state index in [1.54, 1.807) is 0 Å². The van der Waals surface area contributed by atoms with Crippen molar-refractivity contribution in [1.29, 1.82) is 0 Å². The number of ketones is 1. The Morgan fingerprint density at radius 3 is 2.85 bits per heavy atom. The van der Waals surface area contributed by atoms with Crippen LogP contribution in [-0.4, -0.2) is 28.3 Å². The van der Waals surface area contributed by atoms with Gasteiger partial charge >= 0.3 is 0 Å². The Morgan fingerprint density at radius 2 is 2.31 bits per heavy atom. The van der Waals surface area contributed by atoms with Crippen molar-refractivity contribution in [3.8, 4) is 0 Å². The average molecular weight is 218 g/mol. The fraction of sp³-hybridized carbons (Fsp3) is 0.900. The van der Waals surface area contributed by atoms with Crippen molar-refractivity contribution in [2.45, 2.75) is 31.9 Å². The maximum absolute atomic E-state index is 11.7. The van der Waals surface area contributed by atoms with Gasteiger partial charge in [-0.05, 0) is 5.92 Å². The fourth-order valence-electron chi connectivity index (χ4n) is 1.29. The van der Waals surface area contributed by atoms with Gasteiger partial charge in [0, 0.05) is 23.7 Å². The molecule has 0 aliphatic carbocycles. The third-order valence-electron chi connectivity index (χ3n) is 2.42. The Bertz CT molecular complexity index is 164. The lowest BCUT2D eigenvalue weighted by Gasteiger charge is -2.20. The van der Waals surface area contributed by atoms with Crippen molar-refractivity contribution in [2.75, 3.05) is 17.3 Å². The highest BCUT2D eigenvalue weighted by molar-refractivity contribution is 8.07. The van der Waals surface area contributed by atoms with Crippen LogP contribution >= 0.6 is 23.5 Å². The van der Waals surface area contributed by atoms with Gasteiger partial charge < -0.3 is 0 Å². The van der Waals surface area contributed by atoms with Crippen molar-refractivity contribution in [1.82, 2.24) is 0 Å². The van der Waals surface area contributed by atoms with Crippen LogP contribution < -0.4 is 0 Å². The Labute approximate surface area is 89.4 Å². The monoisotopic (exact) mass is 218 g/mol. The van der Waals surface area contributed by atoms with E-state index in [0.29, 0.717) is 17.0 Å². The molecule has 3 heteroatoms. The van der Waals surface area contributed by atoms with Crippen molar-refractivity contribution in [3.05, 3.63) is 0 Å². The summed E-state index contributed by atoms with van der Waals surface area (Å²) in [6.45, 7) is 4.32. The summed E-state index contributed by atoms with van der Waals surface area (Å²) in [6, 6.07) is 0. The van der Waals surface area contributed by atoms with Gasteiger partial charge in [-0.15, -0.1) is 11.8 Å². The van der Waals surface area contributed by atoms with Crippen molar-refractivity contribution in [2.24, 2.45) is 5.92 Å². The van der Waals surface area contributed by atoms with Gasteiger partial charge in [0.25, 0.3) is 0 Å². The molecule has 0 aromatic rings. The Morgan fingerprint density at radius 1 is 1.54 bits per heavy atom. The maximum atomic E-state index is 11.7. The van der Waals surface area contributed by atoms with Gasteiger partial charge in [0.1, 0.15) is 5.78 Å². The molecule has 1 saturated heterocycles. The summed E-state index contributed by atoms with van der Waals surface area (Å²) in [5.74, 6) is 4.46. The van der Waals surface area contributed by atoms with Crippen molar-refractivity contribution in [3.63, 3.8) is 0 Å². The lowest BCUT2D eigenvalue weighted by molar-refractivity contribution is -0.119. The van der Waals surface area contributed by atoms with Crippen LogP contribution in [0.15, 0.2) is 0 Å². The van der Waals surface area contributed by atoms with Crippen molar-refractivity contribution < 1.29 is 4.79 Å². The molecule has 1 aliphatic heterocycles. The molecule has 0 bridgehead atoms. The average Bonchev–Trinajstić information content (AvgIpc) is 2.19. The van der Waals surface area contributed by atoms with Gasteiger partial charge in [-0.1, -0.05) is 20.3 Å². The van der Waals surface area contributed by atoms with Crippen LogP contribution in [-0.2, 0) is 4.79 Å². The number of carbonyl (C=O) groups is 1. The number of thioether (sulfide) groups is 2. The predicted molar refractivity (Wildman–Crippen MR) is 62.7 cm³/mol. The summed E-state index contributed by atoms with van der Waals surface area (Å²) >= 11 is 3.78. The smallest absolute Gasteiger partial charge is 0.146 e. The van der Waals surface area contributed by atoms with E-state index in [4.69, 9.17) is 0 Å². The minimum atomic E-state index is 0.299. The Balaban J connectivity index is 2.29. The summed E-state index contributed by atoms with van der Waals surface area (Å²) < 4.78 is 0. The third kappa shape index (κ3) is 3.94. The summed E-state index contributed by atoms with van der Waals surface area (Å²) in [6.07, 6.45) is 1.91. The summed E-state index contributed by atoms with van der Waals surface area (Å²) in [7, 11) is 0. The molecule has 0 aromatic heterocycles. The van der Waals surface area contributed by atoms with E-state index in [-0.39, 0.29) is 0 Å². The minimum absolute atomic E-state index is 0.299. The normalized spacial score (nSPS) is 25.5. The van der Waals surface area contributed by atoms with Gasteiger partial charge in [0.2, 0.25) is 0 Å². The molecule has 13 heavy (non-hydrogen) atoms. The lowest BCUT2D eigenvalue weighted by atomic mass is 10.0. The molecule has 1 nitrogen and oxygen atoms in total. The second kappa shape index (κ2) is 5.97. The van der Waals surface area contributed by atoms with Crippen LogP contribution in [0.5, 0.6) is 0 Å². The zero-order valence-corrected chi connectivity index (χ0v) is 10.0. The van der Waals surface area contributed by atoms with E-state index in [2.05, 4.69) is 13.8 Å². The van der Waals surface area contributed by atoms with E-state index in [1.165, 1.54) is 5.75 Å². The zero-order chi connectivity index (χ0) is 9.68. The van der Waals surface area contributed by atoms with Crippen LogP contribution in [0, 0.1) is 5.92 Å². The van der Waals surface area contributed by atoms with Crippen LogP contribution in [0.25, 0.3) is 0 Å². The van der Waals surface area contributed by atoms with E-state index < -0.39 is 0 Å². The van der Waals surface area contributed by atoms with Gasteiger partial charge in [0.15, 0.2) is 0 Å². The first kappa shape index (κ1) is 11.4. The Kier molecular flexibility index (Phi) is 5.25. The molecule has 0 aromatic carbocycles. The largest absolute Gasteiger partial charge is 0.298 e. The topological polar surface area (TPSA) is 17.1 Å². The summed E-state index contributed by atoms with van der Waals surface area (Å²) in [4.78, 5) is 11.7. The van der Waals surface area contributed by atoms with E-state index >= 15 is 0 Å². The first-order valence-electron chi connectivity index (χ1n) is 4.96. The van der Waals surface area contributed by atoms with Crippen LogP contribution in [0.3, 0.4) is 0 Å². The standard InChI is InChI=1S/C10H18OS2/c1-3-8(2)6-9(11)10-7-12-4-5-13-10/h8,10H,3-7H2,1-2H3. The molecule has 1 rings (SSSR count). The molecule has 1 fully saturated rings. The highest BCUT2D eigenvalue weighted by Gasteiger charge is 2.22. The minimum Gasteiger partial charge on any atom is -0.298 e. The highest BCUT2D eigenvalue weighted by atomic mass is 32.2. The molecule has 1 aliphatic rings. The molecular formula is C10H18OS2. The predicted octanol–water partition coefficient (Wildman–Crippen LogP) is 2.84. The second-order valence-corrected chi connectivity index (χ2v) is 6.08. The molecule has 76 valence electrons. The molecule has 0 radical (unpaired) electrons. The second-order valence-electron chi connectivity index (χ2n) is 3.62. The number of hydrogen-bond acceptors (Lipinski definition) is 3. The number of carbonyl (C=O) groups excluding carboxylic acids is 1. The number of Topliss-reactive ketones (excluding diaryl/α,β-unsaturated/α-hetero) is 1. The molecule has 1 heterocycles. The van der Waals surface area contributed by atoms with E-state index in [0.717, 1.165) is 24.3 Å². The van der Waals surface area contributed by atoms with Crippen LogP contribution in [0.4, 0.5) is 0 Å². The number of rotatable bonds is 4. The molecular weight excluding hydrogens is 200 g/mol. The SMILES string of the molecule is CCC(C)CC(=O)C1CSCCS1. The quantitative estimate of drug-likeness (QED) is 0.722. The molecule has 2 unspecified atom stereocenters. The highest BCUT2D eigenvalue weighted by Crippen LogP contribution is 2.26. The maximum Gasteiger partial charge on any atom is 0.146 e. The Hall–Kier alpha value is 0.370. The zero-order valence-electron chi connectivity index (χ0n) is 8.41. The first-order chi connectivity index (χ1) is 6.24. The molecule has 0 N–H and O–H groups in total. The van der Waals surface area contributed by atoms with Gasteiger partial charge in [-0.2, -0.15) is 11.8 Å². The summed E-state index contributed by atoms with van der Waals surface area (Å²) in [5.41, 5.74) is 0. The molecule has 0 amide bonds. The van der Waals surface area contributed by atoms with Crippen LogP contribution in [0.1, 0.15) is 26.7 Å².